The number of likely N-dealkylation sites (tertiary alicyclic amines) is 1. The highest BCUT2D eigenvalue weighted by atomic mass is 16.3. The van der Waals surface area contributed by atoms with Gasteiger partial charge in [0.15, 0.2) is 0 Å². The molecule has 0 aromatic heterocycles. The number of rotatable bonds is 5. The predicted molar refractivity (Wildman–Crippen MR) is 94.7 cm³/mol. The van der Waals surface area contributed by atoms with Gasteiger partial charge in [-0.1, -0.05) is 24.3 Å². The first-order chi connectivity index (χ1) is 11.6. The van der Waals surface area contributed by atoms with Crippen molar-refractivity contribution < 1.29 is 14.7 Å². The van der Waals surface area contributed by atoms with Crippen molar-refractivity contribution >= 4 is 17.5 Å². The highest BCUT2D eigenvalue weighted by Crippen LogP contribution is 2.19. The van der Waals surface area contributed by atoms with Crippen LogP contribution in [0.5, 0.6) is 0 Å². The van der Waals surface area contributed by atoms with Crippen molar-refractivity contribution in [2.45, 2.75) is 19.8 Å². The molecule has 5 heteroatoms. The van der Waals surface area contributed by atoms with Gasteiger partial charge in [0.2, 0.25) is 5.91 Å². The molecule has 128 valence electrons. The highest BCUT2D eigenvalue weighted by Gasteiger charge is 2.23. The molecule has 1 aliphatic rings. The van der Waals surface area contributed by atoms with E-state index in [1.165, 1.54) is 6.08 Å². The summed E-state index contributed by atoms with van der Waals surface area (Å²) in [5, 5.41) is 11.9. The van der Waals surface area contributed by atoms with Crippen LogP contribution in [0.2, 0.25) is 0 Å². The predicted octanol–water partition coefficient (Wildman–Crippen LogP) is 2.60. The van der Waals surface area contributed by atoms with Gasteiger partial charge in [-0.3, -0.25) is 9.59 Å². The zero-order chi connectivity index (χ0) is 17.4. The molecule has 0 aliphatic carbocycles. The molecule has 5 nitrogen and oxygen atoms in total. The molecule has 1 aromatic carbocycles. The smallest absolute Gasteiger partial charge is 0.253 e. The van der Waals surface area contributed by atoms with Crippen LogP contribution in [-0.4, -0.2) is 41.5 Å². The van der Waals surface area contributed by atoms with Crippen LogP contribution in [0.25, 0.3) is 0 Å². The Morgan fingerprint density at radius 2 is 2.04 bits per heavy atom. The summed E-state index contributed by atoms with van der Waals surface area (Å²) in [6, 6.07) is 6.98. The Balaban J connectivity index is 1.99. The van der Waals surface area contributed by atoms with Crippen molar-refractivity contribution in [1.82, 2.24) is 4.90 Å². The van der Waals surface area contributed by atoms with Crippen molar-refractivity contribution in [3.8, 4) is 0 Å². The number of carbonyl (C=O) groups excluding carboxylic acids is 2. The van der Waals surface area contributed by atoms with Gasteiger partial charge in [-0.15, -0.1) is 0 Å². The first-order valence-electron chi connectivity index (χ1n) is 8.24. The largest absolute Gasteiger partial charge is 0.396 e. The first-order valence-corrected chi connectivity index (χ1v) is 8.24. The topological polar surface area (TPSA) is 69.6 Å². The van der Waals surface area contributed by atoms with Gasteiger partial charge in [0.25, 0.3) is 5.91 Å². The maximum Gasteiger partial charge on any atom is 0.253 e. The van der Waals surface area contributed by atoms with E-state index in [0.717, 1.165) is 12.8 Å². The summed E-state index contributed by atoms with van der Waals surface area (Å²) in [5.41, 5.74) is 1.16. The highest BCUT2D eigenvalue weighted by molar-refractivity contribution is 6.01. The minimum Gasteiger partial charge on any atom is -0.396 e. The van der Waals surface area contributed by atoms with E-state index in [2.05, 4.69) is 5.32 Å². The average molecular weight is 328 g/mol. The number of nitrogens with zero attached hydrogens (tertiary/aromatic N) is 1. The van der Waals surface area contributed by atoms with E-state index in [0.29, 0.717) is 30.3 Å². The zero-order valence-corrected chi connectivity index (χ0v) is 13.9. The molecule has 2 N–H and O–H groups in total. The van der Waals surface area contributed by atoms with Gasteiger partial charge in [0, 0.05) is 37.0 Å². The fraction of sp³-hybridized carbons (Fsp3) is 0.368. The Bertz CT molecular complexity index is 629. The molecule has 0 spiro atoms. The van der Waals surface area contributed by atoms with E-state index in [-0.39, 0.29) is 18.4 Å². The number of nitrogens with one attached hydrogen (secondary N) is 1. The standard InChI is InChI=1S/C19H24N2O3/c1-2-3-4-8-18(23)20-17-7-5-6-16(13-17)19(24)21-11-9-15(14-22)10-12-21/h2-8,13,15,22H,9-12,14H2,1H3,(H,20,23). The van der Waals surface area contributed by atoms with Crippen molar-refractivity contribution in [2.75, 3.05) is 25.0 Å². The molecule has 1 fully saturated rings. The number of hydrogen-bond acceptors (Lipinski definition) is 3. The van der Waals surface area contributed by atoms with E-state index in [4.69, 9.17) is 0 Å². The molecule has 0 atom stereocenters. The Morgan fingerprint density at radius 1 is 1.29 bits per heavy atom. The number of aliphatic hydroxyl groups is 1. The Hall–Kier alpha value is -2.40. The van der Waals surface area contributed by atoms with E-state index in [9.17, 15) is 14.7 Å². The SMILES string of the molecule is CC=CC=CC(=O)Nc1cccc(C(=O)N2CCC(CO)CC2)c1. The number of benzene rings is 1. The Kier molecular flexibility index (Phi) is 6.75. The van der Waals surface area contributed by atoms with Crippen LogP contribution in [0.4, 0.5) is 5.69 Å². The summed E-state index contributed by atoms with van der Waals surface area (Å²) in [6.07, 6.45) is 8.37. The van der Waals surface area contributed by atoms with Gasteiger partial charge in [0.1, 0.15) is 0 Å². The van der Waals surface area contributed by atoms with Gasteiger partial charge in [-0.2, -0.15) is 0 Å². The maximum absolute atomic E-state index is 12.6. The average Bonchev–Trinajstić information content (AvgIpc) is 2.61. The number of anilines is 1. The number of amides is 2. The molecular weight excluding hydrogens is 304 g/mol. The van der Waals surface area contributed by atoms with Gasteiger partial charge in [0.05, 0.1) is 0 Å². The molecule has 0 radical (unpaired) electrons. The summed E-state index contributed by atoms with van der Waals surface area (Å²) >= 11 is 0. The molecule has 1 saturated heterocycles. The second kappa shape index (κ2) is 9.03. The van der Waals surface area contributed by atoms with Gasteiger partial charge in [-0.05, 0) is 43.9 Å². The van der Waals surface area contributed by atoms with Crippen molar-refractivity contribution in [3.05, 3.63) is 54.1 Å². The summed E-state index contributed by atoms with van der Waals surface area (Å²) in [5.74, 6) is 0.0250. The van der Waals surface area contributed by atoms with Gasteiger partial charge >= 0.3 is 0 Å². The van der Waals surface area contributed by atoms with Crippen molar-refractivity contribution in [2.24, 2.45) is 5.92 Å². The summed E-state index contributed by atoms with van der Waals surface area (Å²) in [7, 11) is 0. The number of hydrogen-bond donors (Lipinski definition) is 2. The lowest BCUT2D eigenvalue weighted by atomic mass is 9.97. The third-order valence-electron chi connectivity index (χ3n) is 4.09. The molecule has 2 rings (SSSR count). The zero-order valence-electron chi connectivity index (χ0n) is 13.9. The molecule has 0 saturated carbocycles. The summed E-state index contributed by atoms with van der Waals surface area (Å²) < 4.78 is 0. The van der Waals surface area contributed by atoms with Crippen LogP contribution in [0, 0.1) is 5.92 Å². The summed E-state index contributed by atoms with van der Waals surface area (Å²) in [4.78, 5) is 26.2. The third kappa shape index (κ3) is 5.06. The first kappa shape index (κ1) is 17.9. The fourth-order valence-electron chi connectivity index (χ4n) is 2.67. The molecule has 1 aromatic rings. The van der Waals surface area contributed by atoms with Gasteiger partial charge < -0.3 is 15.3 Å². The number of carbonyl (C=O) groups is 2. The van der Waals surface area contributed by atoms with E-state index >= 15 is 0 Å². The quantitative estimate of drug-likeness (QED) is 0.645. The molecule has 1 aliphatic heterocycles. The third-order valence-corrected chi connectivity index (χ3v) is 4.09. The lowest BCUT2D eigenvalue weighted by Gasteiger charge is -2.31. The van der Waals surface area contributed by atoms with E-state index < -0.39 is 0 Å². The van der Waals surface area contributed by atoms with Crippen molar-refractivity contribution in [3.63, 3.8) is 0 Å². The van der Waals surface area contributed by atoms with Crippen LogP contribution >= 0.6 is 0 Å². The number of aliphatic hydroxyl groups excluding tert-OH is 1. The fourth-order valence-corrected chi connectivity index (χ4v) is 2.67. The molecular formula is C19H24N2O3. The van der Waals surface area contributed by atoms with E-state index in [1.807, 2.05) is 13.0 Å². The lowest BCUT2D eigenvalue weighted by molar-refractivity contribution is -0.111. The Morgan fingerprint density at radius 3 is 2.71 bits per heavy atom. The van der Waals surface area contributed by atoms with E-state index in [1.54, 1.807) is 41.3 Å². The van der Waals surface area contributed by atoms with Crippen LogP contribution in [0.1, 0.15) is 30.1 Å². The maximum atomic E-state index is 12.6. The monoisotopic (exact) mass is 328 g/mol. The number of allylic oxidation sites excluding steroid dienone is 3. The number of piperidine rings is 1. The van der Waals surface area contributed by atoms with Crippen LogP contribution in [0.15, 0.2) is 48.6 Å². The second-order valence-electron chi connectivity index (χ2n) is 5.87. The molecule has 0 bridgehead atoms. The summed E-state index contributed by atoms with van der Waals surface area (Å²) in [6.45, 7) is 3.38. The Labute approximate surface area is 142 Å². The van der Waals surface area contributed by atoms with Crippen LogP contribution < -0.4 is 5.32 Å². The van der Waals surface area contributed by atoms with Gasteiger partial charge in [-0.25, -0.2) is 0 Å². The minimum atomic E-state index is -0.235. The lowest BCUT2D eigenvalue weighted by Crippen LogP contribution is -2.39. The van der Waals surface area contributed by atoms with Crippen LogP contribution in [-0.2, 0) is 4.79 Å². The molecule has 0 unspecified atom stereocenters. The molecule has 1 heterocycles. The molecule has 24 heavy (non-hydrogen) atoms. The van der Waals surface area contributed by atoms with Crippen LogP contribution in [0.3, 0.4) is 0 Å². The normalized spacial score (nSPS) is 16.0. The molecule has 2 amide bonds. The van der Waals surface area contributed by atoms with Crippen molar-refractivity contribution in [1.29, 1.82) is 0 Å². The second-order valence-corrected chi connectivity index (χ2v) is 5.87. The minimum absolute atomic E-state index is 0.0352.